The van der Waals surface area contributed by atoms with Crippen LogP contribution in [0.4, 0.5) is 5.82 Å². The second kappa shape index (κ2) is 8.67. The average molecular weight is 432 g/mol. The fourth-order valence-electron chi connectivity index (χ4n) is 2.96. The van der Waals surface area contributed by atoms with Gasteiger partial charge >= 0.3 is 0 Å². The number of nitrogens with zero attached hydrogens (tertiary/aromatic N) is 2. The van der Waals surface area contributed by atoms with E-state index in [-0.39, 0.29) is 15.7 Å². The first-order valence-electron chi connectivity index (χ1n) is 8.05. The Kier molecular flexibility index (Phi) is 6.53. The number of nitrogens with one attached hydrogen (secondary N) is 2. The molecule has 1 aliphatic rings. The van der Waals surface area contributed by atoms with Crippen LogP contribution in [0.1, 0.15) is 18.4 Å². The summed E-state index contributed by atoms with van der Waals surface area (Å²) in [5.41, 5.74) is 1.13. The van der Waals surface area contributed by atoms with Crippen molar-refractivity contribution >= 4 is 58.0 Å². The van der Waals surface area contributed by atoms with Crippen LogP contribution in [-0.4, -0.2) is 34.8 Å². The number of aromatic nitrogens is 2. The molecule has 0 spiro atoms. The largest absolute Gasteiger partial charge is 0.381 e. The molecule has 0 radical (unpaired) electrons. The van der Waals surface area contributed by atoms with Crippen LogP contribution in [-0.2, 0) is 10.2 Å². The molecule has 0 atom stereocenters. The number of hydrogen-bond acceptors (Lipinski definition) is 4. The first-order chi connectivity index (χ1) is 12.5. The first kappa shape index (κ1) is 19.6. The SMILES string of the molecule is S=C(NCC1(c2ccc(Cl)cc2)CCOCC1)Nc1ncc(Cl)nc1Cl. The molecule has 9 heteroatoms. The molecule has 3 rings (SSSR count). The van der Waals surface area contributed by atoms with Gasteiger partial charge in [-0.15, -0.1) is 0 Å². The van der Waals surface area contributed by atoms with Crippen LogP contribution >= 0.6 is 47.0 Å². The number of hydrogen-bond donors (Lipinski definition) is 2. The molecular weight excluding hydrogens is 415 g/mol. The van der Waals surface area contributed by atoms with E-state index in [1.807, 2.05) is 12.1 Å². The van der Waals surface area contributed by atoms with Crippen molar-refractivity contribution in [3.05, 3.63) is 51.4 Å². The van der Waals surface area contributed by atoms with Crippen LogP contribution in [0.2, 0.25) is 15.3 Å². The highest BCUT2D eigenvalue weighted by molar-refractivity contribution is 7.80. The van der Waals surface area contributed by atoms with E-state index in [9.17, 15) is 0 Å². The normalized spacial score (nSPS) is 16.1. The molecule has 138 valence electrons. The van der Waals surface area contributed by atoms with Gasteiger partial charge in [-0.05, 0) is 42.8 Å². The van der Waals surface area contributed by atoms with Crippen molar-refractivity contribution in [1.82, 2.24) is 15.3 Å². The fraction of sp³-hybridized carbons (Fsp3) is 0.353. The molecular formula is C17H17Cl3N4OS. The fourth-order valence-corrected chi connectivity index (χ4v) is 3.62. The topological polar surface area (TPSA) is 59.1 Å². The van der Waals surface area contributed by atoms with Crippen molar-refractivity contribution in [3.63, 3.8) is 0 Å². The predicted octanol–water partition coefficient (Wildman–Crippen LogP) is 4.47. The molecule has 0 amide bonds. The van der Waals surface area contributed by atoms with Crippen molar-refractivity contribution in [2.45, 2.75) is 18.3 Å². The molecule has 1 saturated heterocycles. The Hall–Kier alpha value is -1.18. The Bertz CT molecular complexity index is 782. The minimum atomic E-state index is -0.0793. The quantitative estimate of drug-likeness (QED) is 0.697. The summed E-state index contributed by atoms with van der Waals surface area (Å²) in [4.78, 5) is 8.03. The molecule has 1 fully saturated rings. The summed E-state index contributed by atoms with van der Waals surface area (Å²) in [6.45, 7) is 2.07. The summed E-state index contributed by atoms with van der Waals surface area (Å²) in [7, 11) is 0. The lowest BCUT2D eigenvalue weighted by Gasteiger charge is -2.38. The van der Waals surface area contributed by atoms with Gasteiger partial charge in [0.05, 0.1) is 6.20 Å². The van der Waals surface area contributed by atoms with Crippen LogP contribution in [0.25, 0.3) is 0 Å². The standard InChI is InChI=1S/C17H17Cl3N4OS/c18-12-3-1-11(2-4-12)17(5-7-25-8-6-17)10-22-16(26)24-15-14(20)23-13(19)9-21-15/h1-4,9H,5-8,10H2,(H2,21,22,24,26). The lowest BCUT2D eigenvalue weighted by molar-refractivity contribution is 0.0515. The van der Waals surface area contributed by atoms with Gasteiger partial charge in [0.25, 0.3) is 0 Å². The Labute approximate surface area is 172 Å². The first-order valence-corrected chi connectivity index (χ1v) is 9.59. The third kappa shape index (κ3) is 4.75. The highest BCUT2D eigenvalue weighted by Gasteiger charge is 2.34. The molecule has 26 heavy (non-hydrogen) atoms. The molecule has 1 aliphatic heterocycles. The number of benzene rings is 1. The van der Waals surface area contributed by atoms with E-state index >= 15 is 0 Å². The Balaban J connectivity index is 1.69. The number of rotatable bonds is 4. The summed E-state index contributed by atoms with van der Waals surface area (Å²) < 4.78 is 5.55. The monoisotopic (exact) mass is 430 g/mol. The highest BCUT2D eigenvalue weighted by atomic mass is 35.5. The molecule has 2 heterocycles. The molecule has 2 aromatic rings. The third-order valence-corrected chi connectivity index (χ3v) is 5.37. The summed E-state index contributed by atoms with van der Waals surface area (Å²) in [5.74, 6) is 0.362. The van der Waals surface area contributed by atoms with Gasteiger partial charge in [0.2, 0.25) is 0 Å². The van der Waals surface area contributed by atoms with E-state index in [2.05, 4.69) is 32.7 Å². The van der Waals surface area contributed by atoms with Crippen LogP contribution in [0.15, 0.2) is 30.5 Å². The van der Waals surface area contributed by atoms with E-state index in [0.29, 0.717) is 30.7 Å². The molecule has 1 aromatic carbocycles. The number of halogens is 3. The molecule has 1 aromatic heterocycles. The van der Waals surface area contributed by atoms with E-state index in [4.69, 9.17) is 51.8 Å². The Morgan fingerprint density at radius 3 is 2.50 bits per heavy atom. The van der Waals surface area contributed by atoms with Gasteiger partial charge in [0, 0.05) is 30.2 Å². The maximum Gasteiger partial charge on any atom is 0.173 e. The van der Waals surface area contributed by atoms with Crippen LogP contribution < -0.4 is 10.6 Å². The zero-order chi connectivity index (χ0) is 18.6. The molecule has 0 unspecified atom stereocenters. The molecule has 0 bridgehead atoms. The minimum absolute atomic E-state index is 0.0793. The van der Waals surface area contributed by atoms with E-state index in [1.165, 1.54) is 11.8 Å². The molecule has 0 saturated carbocycles. The van der Waals surface area contributed by atoms with Crippen LogP contribution in [0.5, 0.6) is 0 Å². The van der Waals surface area contributed by atoms with Gasteiger partial charge in [-0.1, -0.05) is 46.9 Å². The maximum atomic E-state index is 6.03. The average Bonchev–Trinajstić information content (AvgIpc) is 2.64. The summed E-state index contributed by atoms with van der Waals surface area (Å²) in [6.07, 6.45) is 3.20. The van der Waals surface area contributed by atoms with E-state index in [1.54, 1.807) is 0 Å². The lowest BCUT2D eigenvalue weighted by atomic mass is 9.74. The van der Waals surface area contributed by atoms with Gasteiger partial charge in [0.1, 0.15) is 5.15 Å². The zero-order valence-corrected chi connectivity index (χ0v) is 16.9. The second-order valence-corrected chi connectivity index (χ2v) is 7.63. The van der Waals surface area contributed by atoms with Gasteiger partial charge < -0.3 is 15.4 Å². The van der Waals surface area contributed by atoms with Crippen molar-refractivity contribution in [3.8, 4) is 0 Å². The molecule has 2 N–H and O–H groups in total. The lowest BCUT2D eigenvalue weighted by Crippen LogP contribution is -2.45. The summed E-state index contributed by atoms with van der Waals surface area (Å²) >= 11 is 23.2. The van der Waals surface area contributed by atoms with Gasteiger partial charge in [-0.3, -0.25) is 0 Å². The smallest absolute Gasteiger partial charge is 0.173 e. The molecule has 5 nitrogen and oxygen atoms in total. The minimum Gasteiger partial charge on any atom is -0.381 e. The predicted molar refractivity (Wildman–Crippen MR) is 109 cm³/mol. The number of anilines is 1. The van der Waals surface area contributed by atoms with Crippen LogP contribution in [0.3, 0.4) is 0 Å². The molecule has 0 aliphatic carbocycles. The Morgan fingerprint density at radius 1 is 1.15 bits per heavy atom. The van der Waals surface area contributed by atoms with E-state index in [0.717, 1.165) is 17.9 Å². The van der Waals surface area contributed by atoms with E-state index < -0.39 is 0 Å². The second-order valence-electron chi connectivity index (χ2n) is 6.04. The van der Waals surface area contributed by atoms with Crippen molar-refractivity contribution < 1.29 is 4.74 Å². The van der Waals surface area contributed by atoms with Gasteiger partial charge in [0.15, 0.2) is 16.1 Å². The van der Waals surface area contributed by atoms with Crippen molar-refractivity contribution in [1.29, 1.82) is 0 Å². The zero-order valence-electron chi connectivity index (χ0n) is 13.8. The van der Waals surface area contributed by atoms with Crippen LogP contribution in [0, 0.1) is 0 Å². The highest BCUT2D eigenvalue weighted by Crippen LogP contribution is 2.35. The Morgan fingerprint density at radius 2 is 1.85 bits per heavy atom. The number of ether oxygens (including phenoxy) is 1. The number of thiocarbonyl (C=S) groups is 1. The third-order valence-electron chi connectivity index (χ3n) is 4.43. The van der Waals surface area contributed by atoms with Gasteiger partial charge in [-0.2, -0.15) is 0 Å². The van der Waals surface area contributed by atoms with Gasteiger partial charge in [-0.25, -0.2) is 9.97 Å². The van der Waals surface area contributed by atoms with Crippen molar-refractivity contribution in [2.24, 2.45) is 0 Å². The summed E-state index contributed by atoms with van der Waals surface area (Å²) in [6, 6.07) is 7.95. The van der Waals surface area contributed by atoms with Crippen molar-refractivity contribution in [2.75, 3.05) is 25.1 Å². The maximum absolute atomic E-state index is 6.03. The summed E-state index contributed by atoms with van der Waals surface area (Å²) in [5, 5.41) is 7.76.